The van der Waals surface area contributed by atoms with E-state index in [9.17, 15) is 4.39 Å². The van der Waals surface area contributed by atoms with E-state index >= 15 is 0 Å². The van der Waals surface area contributed by atoms with Crippen molar-refractivity contribution in [2.75, 3.05) is 5.73 Å². The van der Waals surface area contributed by atoms with Gasteiger partial charge in [0.25, 0.3) is 0 Å². The van der Waals surface area contributed by atoms with Crippen LogP contribution in [0, 0.1) is 12.7 Å². The van der Waals surface area contributed by atoms with Crippen LogP contribution in [0.2, 0.25) is 0 Å². The Kier molecular flexibility index (Phi) is 2.71. The second-order valence-corrected chi connectivity index (χ2v) is 4.73. The lowest BCUT2D eigenvalue weighted by Crippen LogP contribution is -1.90. The molecule has 1 nitrogen and oxygen atoms in total. The fourth-order valence-corrected chi connectivity index (χ4v) is 2.41. The second kappa shape index (κ2) is 4.39. The quantitative estimate of drug-likeness (QED) is 0.631. The molecule has 3 aromatic rings. The second-order valence-electron chi connectivity index (χ2n) is 4.73. The molecular weight excluding hydrogens is 237 g/mol. The van der Waals surface area contributed by atoms with E-state index in [1.54, 1.807) is 6.07 Å². The summed E-state index contributed by atoms with van der Waals surface area (Å²) in [6.07, 6.45) is 0. The van der Waals surface area contributed by atoms with E-state index in [1.165, 1.54) is 6.07 Å². The van der Waals surface area contributed by atoms with Crippen molar-refractivity contribution in [3.63, 3.8) is 0 Å². The van der Waals surface area contributed by atoms with Crippen LogP contribution in [0.1, 0.15) is 5.56 Å². The number of benzene rings is 3. The highest BCUT2D eigenvalue weighted by atomic mass is 19.1. The zero-order chi connectivity index (χ0) is 13.4. The first-order valence-electron chi connectivity index (χ1n) is 6.20. The first-order chi connectivity index (χ1) is 9.16. The Bertz CT molecular complexity index is 762. The van der Waals surface area contributed by atoms with E-state index in [-0.39, 0.29) is 5.82 Å². The maximum atomic E-state index is 14.1. The van der Waals surface area contributed by atoms with Gasteiger partial charge in [0.05, 0.1) is 0 Å². The monoisotopic (exact) mass is 251 g/mol. The largest absolute Gasteiger partial charge is 0.398 e. The summed E-state index contributed by atoms with van der Waals surface area (Å²) in [6.45, 7) is 1.96. The molecule has 0 aliphatic rings. The minimum Gasteiger partial charge on any atom is -0.398 e. The van der Waals surface area contributed by atoms with Crippen LogP contribution in [0.15, 0.2) is 54.6 Å². The smallest absolute Gasteiger partial charge is 0.131 e. The Morgan fingerprint density at radius 3 is 2.42 bits per heavy atom. The van der Waals surface area contributed by atoms with Gasteiger partial charge in [-0.1, -0.05) is 42.0 Å². The molecule has 0 aromatic heterocycles. The summed E-state index contributed by atoms with van der Waals surface area (Å²) in [4.78, 5) is 0. The van der Waals surface area contributed by atoms with Gasteiger partial charge in [-0.25, -0.2) is 4.39 Å². The van der Waals surface area contributed by atoms with Crippen molar-refractivity contribution in [1.29, 1.82) is 0 Å². The molecule has 0 fully saturated rings. The fourth-order valence-electron chi connectivity index (χ4n) is 2.41. The third kappa shape index (κ3) is 1.95. The number of aryl methyl sites for hydroxylation is 1. The van der Waals surface area contributed by atoms with Crippen LogP contribution >= 0.6 is 0 Å². The summed E-state index contributed by atoms with van der Waals surface area (Å²) >= 11 is 0. The zero-order valence-corrected chi connectivity index (χ0v) is 10.7. The van der Waals surface area contributed by atoms with Crippen molar-refractivity contribution in [1.82, 2.24) is 0 Å². The molecule has 0 aliphatic carbocycles. The lowest BCUT2D eigenvalue weighted by molar-refractivity contribution is 0.631. The normalized spacial score (nSPS) is 10.8. The minimum absolute atomic E-state index is 0.208. The molecule has 0 aliphatic heterocycles. The molecular formula is C17H14FN. The van der Waals surface area contributed by atoms with Crippen LogP contribution in [0.25, 0.3) is 21.9 Å². The van der Waals surface area contributed by atoms with Crippen LogP contribution in [0.3, 0.4) is 0 Å². The number of anilines is 1. The molecule has 0 saturated carbocycles. The van der Waals surface area contributed by atoms with Gasteiger partial charge in [0.1, 0.15) is 5.82 Å². The summed E-state index contributed by atoms with van der Waals surface area (Å²) in [5.41, 5.74) is 9.23. The molecule has 0 saturated heterocycles. The van der Waals surface area contributed by atoms with Crippen molar-refractivity contribution in [3.05, 3.63) is 66.0 Å². The van der Waals surface area contributed by atoms with Gasteiger partial charge in [0.2, 0.25) is 0 Å². The highest BCUT2D eigenvalue weighted by Crippen LogP contribution is 2.33. The van der Waals surface area contributed by atoms with Gasteiger partial charge in [0.15, 0.2) is 0 Å². The SMILES string of the molecule is Cc1ccc(F)c(-c2cccc3c(N)cccc23)c1. The van der Waals surface area contributed by atoms with Gasteiger partial charge in [-0.15, -0.1) is 0 Å². The van der Waals surface area contributed by atoms with Crippen molar-refractivity contribution in [2.24, 2.45) is 0 Å². The molecule has 0 bridgehead atoms. The summed E-state index contributed by atoms with van der Waals surface area (Å²) < 4.78 is 14.1. The van der Waals surface area contributed by atoms with Crippen molar-refractivity contribution >= 4 is 16.5 Å². The van der Waals surface area contributed by atoms with Gasteiger partial charge in [-0.2, -0.15) is 0 Å². The maximum absolute atomic E-state index is 14.1. The van der Waals surface area contributed by atoms with Gasteiger partial charge >= 0.3 is 0 Å². The maximum Gasteiger partial charge on any atom is 0.131 e. The molecule has 3 aromatic carbocycles. The Balaban J connectivity index is 2.37. The van der Waals surface area contributed by atoms with Gasteiger partial charge in [0, 0.05) is 16.6 Å². The lowest BCUT2D eigenvalue weighted by Gasteiger charge is -2.10. The zero-order valence-electron chi connectivity index (χ0n) is 10.7. The standard InChI is InChI=1S/C17H14FN/c1-11-8-9-16(18)15(10-11)13-4-2-6-14-12(13)5-3-7-17(14)19/h2-10H,19H2,1H3. The Labute approximate surface area is 111 Å². The number of hydrogen-bond donors (Lipinski definition) is 1. The number of nitrogens with two attached hydrogens (primary N) is 1. The Hall–Kier alpha value is -2.35. The molecule has 0 heterocycles. The van der Waals surface area contributed by atoms with Crippen LogP contribution in [-0.2, 0) is 0 Å². The third-order valence-corrected chi connectivity index (χ3v) is 3.37. The topological polar surface area (TPSA) is 26.0 Å². The molecule has 2 heteroatoms. The van der Waals surface area contributed by atoms with Gasteiger partial charge in [-0.05, 0) is 36.1 Å². The third-order valence-electron chi connectivity index (χ3n) is 3.37. The summed E-state index contributed by atoms with van der Waals surface area (Å²) in [5.74, 6) is -0.208. The highest BCUT2D eigenvalue weighted by Gasteiger charge is 2.09. The number of fused-ring (bicyclic) bond motifs is 1. The molecule has 19 heavy (non-hydrogen) atoms. The molecule has 0 atom stereocenters. The van der Waals surface area contributed by atoms with Gasteiger partial charge in [-0.3, -0.25) is 0 Å². The van der Waals surface area contributed by atoms with Crippen molar-refractivity contribution in [3.8, 4) is 11.1 Å². The average Bonchev–Trinajstić information content (AvgIpc) is 2.42. The fraction of sp³-hybridized carbons (Fsp3) is 0.0588. The molecule has 0 spiro atoms. The predicted molar refractivity (Wildman–Crippen MR) is 78.5 cm³/mol. The van der Waals surface area contributed by atoms with E-state index in [0.29, 0.717) is 11.3 Å². The van der Waals surface area contributed by atoms with Crippen LogP contribution in [-0.4, -0.2) is 0 Å². The van der Waals surface area contributed by atoms with E-state index in [1.807, 2.05) is 49.4 Å². The first kappa shape index (κ1) is 11.7. The molecule has 3 rings (SSSR count). The number of halogens is 1. The predicted octanol–water partition coefficient (Wildman–Crippen LogP) is 4.54. The minimum atomic E-state index is -0.208. The first-order valence-corrected chi connectivity index (χ1v) is 6.20. The van der Waals surface area contributed by atoms with Gasteiger partial charge < -0.3 is 5.73 Å². The number of hydrogen-bond acceptors (Lipinski definition) is 1. The van der Waals surface area contributed by atoms with Crippen molar-refractivity contribution < 1.29 is 4.39 Å². The number of nitrogen functional groups attached to an aromatic ring is 1. The van der Waals surface area contributed by atoms with Crippen molar-refractivity contribution in [2.45, 2.75) is 6.92 Å². The molecule has 0 radical (unpaired) electrons. The summed E-state index contributed by atoms with van der Waals surface area (Å²) in [6, 6.07) is 16.7. The van der Waals surface area contributed by atoms with E-state index in [4.69, 9.17) is 5.73 Å². The number of rotatable bonds is 1. The van der Waals surface area contributed by atoms with Crippen LogP contribution in [0.4, 0.5) is 10.1 Å². The highest BCUT2D eigenvalue weighted by molar-refractivity contribution is 6.02. The molecule has 94 valence electrons. The average molecular weight is 251 g/mol. The van der Waals surface area contributed by atoms with E-state index in [0.717, 1.165) is 21.9 Å². The Morgan fingerprint density at radius 2 is 1.58 bits per heavy atom. The van der Waals surface area contributed by atoms with Crippen LogP contribution < -0.4 is 5.73 Å². The molecule has 0 unspecified atom stereocenters. The van der Waals surface area contributed by atoms with E-state index in [2.05, 4.69) is 0 Å². The van der Waals surface area contributed by atoms with E-state index < -0.39 is 0 Å². The Morgan fingerprint density at radius 1 is 0.842 bits per heavy atom. The molecule has 0 amide bonds. The summed E-state index contributed by atoms with van der Waals surface area (Å²) in [5, 5.41) is 1.94. The lowest BCUT2D eigenvalue weighted by atomic mass is 9.96. The molecule has 2 N–H and O–H groups in total. The summed E-state index contributed by atoms with van der Waals surface area (Å²) in [7, 11) is 0. The van der Waals surface area contributed by atoms with Crippen LogP contribution in [0.5, 0.6) is 0 Å².